The molecule has 0 radical (unpaired) electrons. The average molecular weight is 341 g/mol. The largest absolute Gasteiger partial charge is 0.328 e. The molecule has 0 unspecified atom stereocenters. The summed E-state index contributed by atoms with van der Waals surface area (Å²) in [5, 5.41) is 8.78. The fourth-order valence-corrected chi connectivity index (χ4v) is 3.85. The van der Waals surface area contributed by atoms with Crippen molar-refractivity contribution >= 4 is 20.9 Å². The predicted molar refractivity (Wildman–Crippen MR) is 90.4 cm³/mol. The Morgan fingerprint density at radius 3 is 2.29 bits per heavy atom. The van der Waals surface area contributed by atoms with Crippen molar-refractivity contribution < 1.29 is 8.42 Å². The number of imidazole rings is 1. The highest BCUT2D eigenvalue weighted by Gasteiger charge is 2.17. The van der Waals surface area contributed by atoms with Crippen LogP contribution in [0.15, 0.2) is 58.2 Å². The Bertz CT molecular complexity index is 1100. The average Bonchev–Trinajstić information content (AvgIpc) is 2.84. The summed E-state index contributed by atoms with van der Waals surface area (Å²) in [5.41, 5.74) is 1.63. The zero-order valence-corrected chi connectivity index (χ0v) is 13.8. The van der Waals surface area contributed by atoms with Crippen LogP contribution in [0.5, 0.6) is 0 Å². The van der Waals surface area contributed by atoms with Gasteiger partial charge in [-0.15, -0.1) is 0 Å². The molecule has 0 N–H and O–H groups in total. The first kappa shape index (κ1) is 16.0. The van der Waals surface area contributed by atoms with E-state index in [9.17, 15) is 13.2 Å². The zero-order chi connectivity index (χ0) is 17.3. The van der Waals surface area contributed by atoms with Gasteiger partial charge in [0.1, 0.15) is 0 Å². The second kappa shape index (κ2) is 5.98. The number of benzene rings is 2. The molecule has 0 saturated carbocycles. The van der Waals surface area contributed by atoms with Gasteiger partial charge in [0.05, 0.1) is 33.3 Å². The lowest BCUT2D eigenvalue weighted by Gasteiger charge is -2.06. The summed E-state index contributed by atoms with van der Waals surface area (Å²) >= 11 is 0. The Hall–Kier alpha value is -2.85. The predicted octanol–water partition coefficient (Wildman–Crippen LogP) is 1.69. The smallest absolute Gasteiger partial charge is 0.295 e. The number of rotatable bonds is 4. The third-order valence-electron chi connectivity index (χ3n) is 3.98. The lowest BCUT2D eigenvalue weighted by molar-refractivity contribution is 0.587. The molecule has 6 nitrogen and oxygen atoms in total. The Morgan fingerprint density at radius 1 is 1.04 bits per heavy atom. The van der Waals surface area contributed by atoms with Gasteiger partial charge in [0.25, 0.3) is 0 Å². The van der Waals surface area contributed by atoms with Crippen molar-refractivity contribution in [3.8, 4) is 6.07 Å². The number of sulfone groups is 1. The van der Waals surface area contributed by atoms with Crippen LogP contribution in [0.1, 0.15) is 5.56 Å². The minimum atomic E-state index is -3.54. The molecule has 0 saturated heterocycles. The minimum absolute atomic E-state index is 0.0719. The molecule has 3 rings (SSSR count). The van der Waals surface area contributed by atoms with Crippen molar-refractivity contribution in [1.29, 1.82) is 5.26 Å². The van der Waals surface area contributed by atoms with Gasteiger partial charge in [0.15, 0.2) is 9.84 Å². The molecule has 2 aromatic carbocycles. The number of nitriles is 1. The number of aromatic nitrogens is 2. The molecule has 0 bridgehead atoms. The quantitative estimate of drug-likeness (QED) is 0.723. The normalized spacial score (nSPS) is 11.5. The first-order valence-electron chi connectivity index (χ1n) is 7.31. The monoisotopic (exact) mass is 341 g/mol. The molecule has 0 amide bonds. The van der Waals surface area contributed by atoms with Gasteiger partial charge >= 0.3 is 5.69 Å². The van der Waals surface area contributed by atoms with Crippen LogP contribution >= 0.6 is 0 Å². The molecule has 122 valence electrons. The molecular formula is C17H15N3O3S. The maximum atomic E-state index is 12.5. The minimum Gasteiger partial charge on any atom is -0.295 e. The lowest BCUT2D eigenvalue weighted by Crippen LogP contribution is -2.25. The summed E-state index contributed by atoms with van der Waals surface area (Å²) in [7, 11) is -1.88. The van der Waals surface area contributed by atoms with Crippen LogP contribution in [0.25, 0.3) is 11.0 Å². The number of fused-ring (bicyclic) bond motifs is 1. The Balaban J connectivity index is 1.92. The molecule has 0 aliphatic heterocycles. The summed E-state index contributed by atoms with van der Waals surface area (Å²) in [4.78, 5) is 12.5. The Kier molecular flexibility index (Phi) is 3.99. The van der Waals surface area contributed by atoms with Crippen LogP contribution in [-0.4, -0.2) is 23.3 Å². The molecule has 0 aliphatic rings. The van der Waals surface area contributed by atoms with Crippen molar-refractivity contribution in [1.82, 2.24) is 9.13 Å². The van der Waals surface area contributed by atoms with Crippen molar-refractivity contribution in [3.05, 3.63) is 64.6 Å². The van der Waals surface area contributed by atoms with Gasteiger partial charge in [-0.05, 0) is 36.4 Å². The third kappa shape index (κ3) is 2.72. The van der Waals surface area contributed by atoms with E-state index in [1.54, 1.807) is 13.1 Å². The van der Waals surface area contributed by atoms with Crippen LogP contribution < -0.4 is 5.69 Å². The summed E-state index contributed by atoms with van der Waals surface area (Å²) in [6, 6.07) is 15.0. The van der Waals surface area contributed by atoms with Crippen LogP contribution in [0.3, 0.4) is 0 Å². The van der Waals surface area contributed by atoms with Gasteiger partial charge in [0.2, 0.25) is 0 Å². The molecule has 24 heavy (non-hydrogen) atoms. The second-order valence-corrected chi connectivity index (χ2v) is 7.55. The molecule has 0 atom stereocenters. The van der Waals surface area contributed by atoms with Crippen molar-refractivity contribution in [2.24, 2.45) is 7.05 Å². The molecule has 0 aliphatic carbocycles. The zero-order valence-electron chi connectivity index (χ0n) is 13.0. The fourth-order valence-electron chi connectivity index (χ4n) is 2.65. The maximum absolute atomic E-state index is 12.5. The van der Waals surface area contributed by atoms with Gasteiger partial charge in [-0.1, -0.05) is 12.1 Å². The van der Waals surface area contributed by atoms with E-state index in [1.807, 2.05) is 24.3 Å². The molecule has 1 aromatic heterocycles. The van der Waals surface area contributed by atoms with E-state index in [0.29, 0.717) is 11.1 Å². The number of nitrogens with zero attached hydrogens (tertiary/aromatic N) is 3. The molecular weight excluding hydrogens is 326 g/mol. The summed E-state index contributed by atoms with van der Waals surface area (Å²) in [6.45, 7) is 0.0719. The highest BCUT2D eigenvalue weighted by Crippen LogP contribution is 2.15. The van der Waals surface area contributed by atoms with Gasteiger partial charge in [-0.25, -0.2) is 13.2 Å². The molecule has 0 spiro atoms. The Morgan fingerprint density at radius 2 is 1.67 bits per heavy atom. The van der Waals surface area contributed by atoms with Gasteiger partial charge < -0.3 is 0 Å². The van der Waals surface area contributed by atoms with E-state index in [4.69, 9.17) is 5.26 Å². The number of hydrogen-bond donors (Lipinski definition) is 0. The summed E-state index contributed by atoms with van der Waals surface area (Å²) in [6.07, 6.45) is 0. The molecule has 1 heterocycles. The van der Waals surface area contributed by atoms with Crippen molar-refractivity contribution in [2.45, 2.75) is 11.4 Å². The van der Waals surface area contributed by atoms with E-state index >= 15 is 0 Å². The SMILES string of the molecule is Cn1c(=O)n(CCS(=O)(=O)c2ccc(C#N)cc2)c2ccccc21. The maximum Gasteiger partial charge on any atom is 0.328 e. The van der Waals surface area contributed by atoms with Crippen LogP contribution in [0, 0.1) is 11.3 Å². The molecule has 7 heteroatoms. The van der Waals surface area contributed by atoms with E-state index < -0.39 is 9.84 Å². The fraction of sp³-hybridized carbons (Fsp3) is 0.176. The summed E-state index contributed by atoms with van der Waals surface area (Å²) in [5.74, 6) is -0.188. The van der Waals surface area contributed by atoms with Crippen molar-refractivity contribution in [2.75, 3.05) is 5.75 Å². The van der Waals surface area contributed by atoms with Crippen LogP contribution in [-0.2, 0) is 23.4 Å². The number of hydrogen-bond acceptors (Lipinski definition) is 4. The topological polar surface area (TPSA) is 84.9 Å². The van der Waals surface area contributed by atoms with E-state index in [2.05, 4.69) is 0 Å². The van der Waals surface area contributed by atoms with E-state index in [1.165, 1.54) is 33.4 Å². The van der Waals surface area contributed by atoms with Gasteiger partial charge in [-0.2, -0.15) is 5.26 Å². The second-order valence-electron chi connectivity index (χ2n) is 5.44. The first-order valence-corrected chi connectivity index (χ1v) is 8.96. The summed E-state index contributed by atoms with van der Waals surface area (Å²) < 4.78 is 27.9. The third-order valence-corrected chi connectivity index (χ3v) is 5.69. The lowest BCUT2D eigenvalue weighted by atomic mass is 10.2. The standard InChI is InChI=1S/C17H15N3O3S/c1-19-15-4-2-3-5-16(15)20(17(19)21)10-11-24(22,23)14-8-6-13(12-18)7-9-14/h2-9H,10-11H2,1H3. The van der Waals surface area contributed by atoms with E-state index in [-0.39, 0.29) is 22.9 Å². The molecule has 3 aromatic rings. The highest BCUT2D eigenvalue weighted by molar-refractivity contribution is 7.91. The van der Waals surface area contributed by atoms with Crippen LogP contribution in [0.2, 0.25) is 0 Å². The highest BCUT2D eigenvalue weighted by atomic mass is 32.2. The first-order chi connectivity index (χ1) is 11.4. The molecule has 0 fully saturated rings. The number of para-hydroxylation sites is 2. The van der Waals surface area contributed by atoms with Crippen LogP contribution in [0.4, 0.5) is 0 Å². The van der Waals surface area contributed by atoms with E-state index in [0.717, 1.165) is 5.52 Å². The Labute approximate surface area is 139 Å². The van der Waals surface area contributed by atoms with Gasteiger partial charge in [-0.3, -0.25) is 9.13 Å². The van der Waals surface area contributed by atoms with Gasteiger partial charge in [0, 0.05) is 13.6 Å². The van der Waals surface area contributed by atoms with Crippen molar-refractivity contribution in [3.63, 3.8) is 0 Å². The number of aryl methyl sites for hydroxylation is 2.